The van der Waals surface area contributed by atoms with Crippen LogP contribution in [0.1, 0.15) is 142 Å². The van der Waals surface area contributed by atoms with Gasteiger partial charge in [-0.3, -0.25) is 0 Å². The van der Waals surface area contributed by atoms with E-state index in [0.29, 0.717) is 0 Å². The molecule has 65 heavy (non-hydrogen) atoms. The quantitative estimate of drug-likeness (QED) is 0.105. The molecule has 0 fully saturated rings. The summed E-state index contributed by atoms with van der Waals surface area (Å²) in [6.45, 7) is 18.7. The molecule has 5 aliphatic heterocycles. The normalized spacial score (nSPS) is 19.9. The van der Waals surface area contributed by atoms with Gasteiger partial charge in [-0.1, -0.05) is 30.3 Å². The maximum atomic E-state index is 9.78. The Hall–Kier alpha value is -4.56. The number of benzene rings is 4. The van der Waals surface area contributed by atoms with Crippen molar-refractivity contribution in [2.75, 3.05) is 36.0 Å². The molecule has 0 amide bonds. The molecule has 0 unspecified atom stereocenters. The fourth-order valence-corrected chi connectivity index (χ4v) is 12.5. The molecule has 0 spiro atoms. The fraction of sp³-hybridized carbons (Fsp3) is 0.400. The van der Waals surface area contributed by atoms with E-state index in [9.17, 15) is 5.11 Å². The summed E-state index contributed by atoms with van der Waals surface area (Å²) in [4.78, 5) is 5.20. The first-order valence-electron chi connectivity index (χ1n) is 24.7. The summed E-state index contributed by atoms with van der Waals surface area (Å²) >= 11 is 0.868. The van der Waals surface area contributed by atoms with Crippen LogP contribution in [-0.2, 0) is 42.9 Å². The summed E-state index contributed by atoms with van der Waals surface area (Å²) in [5.41, 5.74) is 22.9. The topological polar surface area (TPSA) is 38.6 Å². The number of aryl methyl sites for hydroxylation is 2. The number of fused-ring (bicyclic) bond motifs is 2. The molecule has 3 radical (unpaired) electrons. The molecule has 0 bridgehead atoms. The van der Waals surface area contributed by atoms with Crippen LogP contribution >= 0.6 is 0 Å². The molecule has 5 heteroatoms. The molecule has 6 aliphatic rings. The fourth-order valence-electron chi connectivity index (χ4n) is 11.5. The van der Waals surface area contributed by atoms with Gasteiger partial charge in [-0.05, 0) is 49.3 Å². The number of hydrogen-bond donors (Lipinski definition) is 0. The van der Waals surface area contributed by atoms with Gasteiger partial charge in [0, 0.05) is 13.1 Å². The van der Waals surface area contributed by atoms with E-state index in [1.165, 1.54) is 109 Å². The standard InChI is InChI=1S/C60H67N2O2.Pb/c1-59(2,3)48-35-47(36-49(39-48)60(4,5)6)54-43(17-10-18-44(54)28-26-42-29-34-64-58-51-22-14-33-62-31-12-20-46(56(51)62)38-53(42)58)27-25-41(24-23-40-15-8-7-9-16-40)52-37-45-19-11-30-61-32-13-21-50(55(45)61)57(52)63;/h7-9,15-16,24-29,35-39,63H,10-14,17-23,30-33H2,1-6H3;/p+1/b27-25+,41-24-,42-26+,44-28+;. The molecular formula is C60H68N2O2Pb+. The van der Waals surface area contributed by atoms with Gasteiger partial charge in [-0.25, -0.2) is 0 Å². The van der Waals surface area contributed by atoms with E-state index in [1.807, 2.05) is 0 Å². The zero-order chi connectivity index (χ0) is 45.0. The minimum atomic E-state index is 0.000299. The van der Waals surface area contributed by atoms with E-state index in [1.54, 1.807) is 0 Å². The molecule has 0 atom stereocenters. The second kappa shape index (κ2) is 17.9. The van der Waals surface area contributed by atoms with E-state index in [4.69, 9.17) is 4.74 Å². The molecule has 4 nitrogen and oxygen atoms in total. The van der Waals surface area contributed by atoms with Gasteiger partial charge in [0.1, 0.15) is 0 Å². The predicted octanol–water partition coefficient (Wildman–Crippen LogP) is 13.3. The summed E-state index contributed by atoms with van der Waals surface area (Å²) in [5, 5.41) is 9.78. The van der Waals surface area contributed by atoms with Gasteiger partial charge in [-0.15, -0.1) is 0 Å². The minimum absolute atomic E-state index is 0.000299. The molecule has 5 heterocycles. The van der Waals surface area contributed by atoms with Crippen molar-refractivity contribution in [1.82, 2.24) is 0 Å². The maximum absolute atomic E-state index is 9.78. The first-order valence-corrected chi connectivity index (χ1v) is 26.7. The van der Waals surface area contributed by atoms with Crippen LogP contribution in [0.5, 0.6) is 11.5 Å². The summed E-state index contributed by atoms with van der Waals surface area (Å²) in [6.07, 6.45) is 27.5. The number of hydrogen-bond acceptors (Lipinski definition) is 3. The molecule has 0 saturated carbocycles. The van der Waals surface area contributed by atoms with Gasteiger partial charge in [0.15, 0.2) is 0 Å². The first-order chi connectivity index (χ1) is 31.3. The van der Waals surface area contributed by atoms with Crippen molar-refractivity contribution in [2.24, 2.45) is 0 Å². The average Bonchev–Trinajstić information content (AvgIpc) is 3.29. The Labute approximate surface area is 405 Å². The average molecular weight is 1060 g/mol. The molecule has 4 aromatic rings. The molecular weight excluding hydrogens is 988 g/mol. The third-order valence-corrected chi connectivity index (χ3v) is 15.9. The van der Waals surface area contributed by atoms with Crippen LogP contribution in [0.25, 0.3) is 16.7 Å². The zero-order valence-corrected chi connectivity index (χ0v) is 43.7. The Kier molecular flexibility index (Phi) is 12.2. The van der Waals surface area contributed by atoms with Gasteiger partial charge in [0.05, 0.1) is 11.3 Å². The van der Waals surface area contributed by atoms with Crippen LogP contribution < -0.4 is 14.5 Å². The molecule has 10 rings (SSSR count). The van der Waals surface area contributed by atoms with Gasteiger partial charge >= 0.3 is 288 Å². The second-order valence-corrected chi connectivity index (χ2v) is 23.5. The molecule has 0 aromatic heterocycles. The number of anilines is 2. The Morgan fingerprint density at radius 1 is 0.708 bits per heavy atom. The van der Waals surface area contributed by atoms with Crippen LogP contribution in [0.15, 0.2) is 112 Å². The van der Waals surface area contributed by atoms with E-state index in [-0.39, 0.29) is 10.8 Å². The Bertz CT molecular complexity index is 2690. The van der Waals surface area contributed by atoms with Crippen molar-refractivity contribution in [3.05, 3.63) is 167 Å². The van der Waals surface area contributed by atoms with Crippen LogP contribution in [-0.4, -0.2) is 57.1 Å². The molecule has 0 saturated heterocycles. The van der Waals surface area contributed by atoms with Crippen molar-refractivity contribution < 1.29 is 9.84 Å². The predicted molar refractivity (Wildman–Crippen MR) is 276 cm³/mol. The van der Waals surface area contributed by atoms with Crippen molar-refractivity contribution in [2.45, 2.75) is 129 Å². The van der Waals surface area contributed by atoms with E-state index in [0.717, 1.165) is 130 Å². The Balaban J connectivity index is 1.14. The van der Waals surface area contributed by atoms with Crippen molar-refractivity contribution in [1.29, 1.82) is 0 Å². The van der Waals surface area contributed by atoms with Crippen LogP contribution in [0.2, 0.25) is 0 Å². The Morgan fingerprint density at radius 3 is 2.02 bits per heavy atom. The number of nitrogens with zero attached hydrogens (tertiary/aromatic N) is 2. The molecule has 333 valence electrons. The van der Waals surface area contributed by atoms with E-state index >= 15 is 0 Å². The number of allylic oxidation sites excluding steroid dienone is 11. The van der Waals surface area contributed by atoms with Crippen LogP contribution in [0.3, 0.4) is 0 Å². The number of ether oxygens (including phenoxy) is 1. The monoisotopic (exact) mass is 1060 g/mol. The summed E-state index contributed by atoms with van der Waals surface area (Å²) < 4.78 is 7.82. The van der Waals surface area contributed by atoms with Gasteiger partial charge in [0.25, 0.3) is 5.75 Å². The summed E-state index contributed by atoms with van der Waals surface area (Å²) in [5.74, 6) is 1.85. The van der Waals surface area contributed by atoms with E-state index < -0.39 is 0 Å². The Morgan fingerprint density at radius 2 is 1.34 bits per heavy atom. The number of rotatable bonds is 7. The van der Waals surface area contributed by atoms with E-state index in [2.05, 4.69) is 148 Å². The summed E-state index contributed by atoms with van der Waals surface area (Å²) in [7, 11) is 0. The van der Waals surface area contributed by atoms with Crippen LogP contribution in [0.4, 0.5) is 11.4 Å². The SMILES string of the molecule is CC(C)(C)c1cc(C2=C(/C=C/C(=C/Cc3ccccc3)c3cc4c5c(c3[OH2+])CCCN5CCC4)CCC/C2=C\C=C2/C=[C]([Pb])Oc3c2cc2c4c3CCCN4CCC2)cc(C(C)(C)C)c1. The molecule has 1 aliphatic carbocycles. The summed E-state index contributed by atoms with van der Waals surface area (Å²) in [6, 6.07) is 23.2. The zero-order valence-electron chi connectivity index (χ0n) is 39.9. The molecule has 2 N–H and O–H groups in total. The van der Waals surface area contributed by atoms with Gasteiger partial charge in [0.2, 0.25) is 0 Å². The molecule has 4 aromatic carbocycles. The van der Waals surface area contributed by atoms with Crippen molar-refractivity contribution in [3.63, 3.8) is 0 Å². The third-order valence-electron chi connectivity index (χ3n) is 14.9. The third kappa shape index (κ3) is 8.90. The van der Waals surface area contributed by atoms with Crippen molar-refractivity contribution in [3.8, 4) is 11.5 Å². The van der Waals surface area contributed by atoms with Gasteiger partial charge < -0.3 is 10.0 Å². The van der Waals surface area contributed by atoms with Gasteiger partial charge in [-0.2, -0.15) is 0 Å². The van der Waals surface area contributed by atoms with Crippen molar-refractivity contribution >= 4 is 53.9 Å². The second-order valence-electron chi connectivity index (χ2n) is 21.6. The first kappa shape index (κ1) is 44.3. The van der Waals surface area contributed by atoms with Crippen LogP contribution in [0, 0.1) is 0 Å².